The summed E-state index contributed by atoms with van der Waals surface area (Å²) in [6, 6.07) is 0. The summed E-state index contributed by atoms with van der Waals surface area (Å²) in [4.78, 5) is 13.3. The van der Waals surface area contributed by atoms with Gasteiger partial charge in [-0.15, -0.1) is 0 Å². The van der Waals surface area contributed by atoms with Gasteiger partial charge in [-0.2, -0.15) is 5.10 Å². The van der Waals surface area contributed by atoms with Crippen LogP contribution < -0.4 is 0 Å². The first-order valence-corrected chi connectivity index (χ1v) is 5.13. The molecule has 1 amide bonds. The van der Waals surface area contributed by atoms with Crippen LogP contribution in [0.25, 0.3) is 0 Å². The predicted octanol–water partition coefficient (Wildman–Crippen LogP) is 0.881. The maximum Gasteiger partial charge on any atom is 0.246 e. The number of aryl methyl sites for hydroxylation is 1. The van der Waals surface area contributed by atoms with Crippen molar-refractivity contribution < 1.29 is 4.79 Å². The van der Waals surface area contributed by atoms with Crippen LogP contribution in [0.2, 0.25) is 0 Å². The van der Waals surface area contributed by atoms with Gasteiger partial charge in [0.15, 0.2) is 0 Å². The van der Waals surface area contributed by atoms with Gasteiger partial charge in [-0.3, -0.25) is 9.48 Å². The van der Waals surface area contributed by atoms with E-state index in [0.29, 0.717) is 6.54 Å². The highest BCUT2D eigenvalue weighted by Gasteiger charge is 2.19. The highest BCUT2D eigenvalue weighted by Crippen LogP contribution is 2.17. The van der Waals surface area contributed by atoms with Crippen molar-refractivity contribution in [2.75, 3.05) is 6.54 Å². The zero-order chi connectivity index (χ0) is 10.8. The molecule has 4 nitrogen and oxygen atoms in total. The molecule has 80 valence electrons. The molecule has 0 bridgehead atoms. The highest BCUT2D eigenvalue weighted by atomic mass is 16.2. The molecule has 1 aromatic rings. The van der Waals surface area contributed by atoms with Crippen molar-refractivity contribution in [3.8, 4) is 0 Å². The molecular weight excluding hydrogens is 190 g/mol. The van der Waals surface area contributed by atoms with Crippen LogP contribution in [0.3, 0.4) is 0 Å². The summed E-state index contributed by atoms with van der Waals surface area (Å²) in [5, 5.41) is 4.21. The third-order valence-electron chi connectivity index (χ3n) is 2.84. The van der Waals surface area contributed by atoms with Crippen molar-refractivity contribution in [2.24, 2.45) is 7.05 Å². The normalized spacial score (nSPS) is 15.7. The Labute approximate surface area is 89.2 Å². The van der Waals surface area contributed by atoms with Crippen LogP contribution in [-0.2, 0) is 24.8 Å². The first kappa shape index (κ1) is 9.96. The molecule has 0 saturated carbocycles. The molecular formula is C11H15N3O. The van der Waals surface area contributed by atoms with Crippen LogP contribution in [0.5, 0.6) is 0 Å². The Hall–Kier alpha value is -1.58. The monoisotopic (exact) mass is 205 g/mol. The van der Waals surface area contributed by atoms with E-state index in [1.54, 1.807) is 0 Å². The van der Waals surface area contributed by atoms with Crippen molar-refractivity contribution in [3.63, 3.8) is 0 Å². The number of carbonyl (C=O) groups is 1. The quantitative estimate of drug-likeness (QED) is 0.638. The molecule has 0 saturated heterocycles. The summed E-state index contributed by atoms with van der Waals surface area (Å²) < 4.78 is 1.90. The second kappa shape index (κ2) is 3.88. The van der Waals surface area contributed by atoms with E-state index in [1.807, 2.05) is 22.8 Å². The number of nitrogens with zero attached hydrogens (tertiary/aromatic N) is 3. The lowest BCUT2D eigenvalue weighted by molar-refractivity contribution is -0.126. The largest absolute Gasteiger partial charge is 0.335 e. The fraction of sp³-hybridized carbons (Fsp3) is 0.455. The Morgan fingerprint density at radius 1 is 1.67 bits per heavy atom. The molecule has 15 heavy (non-hydrogen) atoms. The summed E-state index contributed by atoms with van der Waals surface area (Å²) in [6.45, 7) is 4.98. The minimum absolute atomic E-state index is 0.00621. The fourth-order valence-corrected chi connectivity index (χ4v) is 2.00. The zero-order valence-electron chi connectivity index (χ0n) is 8.94. The van der Waals surface area contributed by atoms with Gasteiger partial charge in [-0.05, 0) is 18.9 Å². The minimum Gasteiger partial charge on any atom is -0.335 e. The number of rotatable bonds is 1. The third kappa shape index (κ3) is 1.79. The van der Waals surface area contributed by atoms with E-state index in [1.165, 1.54) is 11.8 Å². The van der Waals surface area contributed by atoms with Crippen LogP contribution in [-0.4, -0.2) is 27.1 Å². The van der Waals surface area contributed by atoms with Gasteiger partial charge in [0, 0.05) is 31.4 Å². The van der Waals surface area contributed by atoms with E-state index in [-0.39, 0.29) is 5.91 Å². The van der Waals surface area contributed by atoms with Gasteiger partial charge in [-0.1, -0.05) is 6.58 Å². The van der Waals surface area contributed by atoms with E-state index in [4.69, 9.17) is 0 Å². The second-order valence-corrected chi connectivity index (χ2v) is 3.81. The van der Waals surface area contributed by atoms with Crippen LogP contribution in [0.1, 0.15) is 17.7 Å². The van der Waals surface area contributed by atoms with E-state index in [9.17, 15) is 4.79 Å². The molecule has 2 heterocycles. The van der Waals surface area contributed by atoms with E-state index >= 15 is 0 Å². The number of carbonyl (C=O) groups excluding carboxylic acids is 1. The SMILES string of the molecule is C=CC(=O)N1CCCc2c(cnn2C)C1. The van der Waals surface area contributed by atoms with Gasteiger partial charge in [0.05, 0.1) is 6.20 Å². The molecule has 0 atom stereocenters. The van der Waals surface area contributed by atoms with Gasteiger partial charge in [0.25, 0.3) is 0 Å². The van der Waals surface area contributed by atoms with Crippen LogP contribution in [0.4, 0.5) is 0 Å². The molecule has 0 aromatic carbocycles. The molecule has 0 N–H and O–H groups in total. The van der Waals surface area contributed by atoms with Crippen LogP contribution >= 0.6 is 0 Å². The van der Waals surface area contributed by atoms with Gasteiger partial charge in [0.2, 0.25) is 5.91 Å². The first-order chi connectivity index (χ1) is 7.22. The molecule has 0 fully saturated rings. The number of hydrogen-bond acceptors (Lipinski definition) is 2. The smallest absolute Gasteiger partial charge is 0.246 e. The Morgan fingerprint density at radius 3 is 3.20 bits per heavy atom. The van der Waals surface area contributed by atoms with Crippen molar-refractivity contribution in [2.45, 2.75) is 19.4 Å². The average molecular weight is 205 g/mol. The lowest BCUT2D eigenvalue weighted by Gasteiger charge is -2.17. The van der Waals surface area contributed by atoms with Gasteiger partial charge in [0.1, 0.15) is 0 Å². The fourth-order valence-electron chi connectivity index (χ4n) is 2.00. The van der Waals surface area contributed by atoms with Gasteiger partial charge < -0.3 is 4.90 Å². The average Bonchev–Trinajstić information content (AvgIpc) is 2.50. The standard InChI is InChI=1S/C11H15N3O/c1-3-11(15)14-6-4-5-10-9(8-14)7-12-13(10)2/h3,7H,1,4-6,8H2,2H3. The second-order valence-electron chi connectivity index (χ2n) is 3.81. The highest BCUT2D eigenvalue weighted by molar-refractivity contribution is 5.87. The third-order valence-corrected chi connectivity index (χ3v) is 2.84. The number of hydrogen-bond donors (Lipinski definition) is 0. The van der Waals surface area contributed by atoms with Gasteiger partial charge >= 0.3 is 0 Å². The minimum atomic E-state index is 0.00621. The molecule has 0 aliphatic carbocycles. The molecule has 0 spiro atoms. The van der Waals surface area contributed by atoms with Crippen molar-refractivity contribution in [1.82, 2.24) is 14.7 Å². The summed E-state index contributed by atoms with van der Waals surface area (Å²) in [5.41, 5.74) is 2.40. The van der Waals surface area contributed by atoms with Crippen molar-refractivity contribution in [1.29, 1.82) is 0 Å². The Kier molecular flexibility index (Phi) is 2.58. The van der Waals surface area contributed by atoms with E-state index < -0.39 is 0 Å². The summed E-state index contributed by atoms with van der Waals surface area (Å²) in [6.07, 6.45) is 5.21. The number of amides is 1. The van der Waals surface area contributed by atoms with Crippen molar-refractivity contribution in [3.05, 3.63) is 30.1 Å². The van der Waals surface area contributed by atoms with Crippen molar-refractivity contribution >= 4 is 5.91 Å². The topological polar surface area (TPSA) is 38.1 Å². The van der Waals surface area contributed by atoms with Gasteiger partial charge in [-0.25, -0.2) is 0 Å². The van der Waals surface area contributed by atoms with Crippen LogP contribution in [0, 0.1) is 0 Å². The lowest BCUT2D eigenvalue weighted by Crippen LogP contribution is -2.28. The van der Waals surface area contributed by atoms with E-state index in [2.05, 4.69) is 11.7 Å². The number of fused-ring (bicyclic) bond motifs is 1. The predicted molar refractivity (Wildman–Crippen MR) is 57.1 cm³/mol. The summed E-state index contributed by atoms with van der Waals surface area (Å²) in [5.74, 6) is 0.00621. The molecule has 4 heteroatoms. The molecule has 2 rings (SSSR count). The van der Waals surface area contributed by atoms with E-state index in [0.717, 1.165) is 24.9 Å². The maximum atomic E-state index is 11.5. The Bertz CT molecular complexity index is 395. The molecule has 0 unspecified atom stereocenters. The summed E-state index contributed by atoms with van der Waals surface area (Å²) in [7, 11) is 1.95. The van der Waals surface area contributed by atoms with Crippen LogP contribution in [0.15, 0.2) is 18.9 Å². The molecule has 1 aromatic heterocycles. The first-order valence-electron chi connectivity index (χ1n) is 5.13. The maximum absolute atomic E-state index is 11.5. The molecule has 0 radical (unpaired) electrons. The zero-order valence-corrected chi connectivity index (χ0v) is 8.94. The summed E-state index contributed by atoms with van der Waals surface area (Å²) >= 11 is 0. The number of aromatic nitrogens is 2. The Morgan fingerprint density at radius 2 is 2.47 bits per heavy atom. The molecule has 1 aliphatic heterocycles. The Balaban J connectivity index is 2.24. The molecule has 1 aliphatic rings. The lowest BCUT2D eigenvalue weighted by atomic mass is 10.2.